The Labute approximate surface area is 172 Å². The number of fused-ring (bicyclic) bond motifs is 8. The molecule has 1 aromatic heterocycles. The van der Waals surface area contributed by atoms with Crippen LogP contribution in [-0.4, -0.2) is 59.0 Å². The average molecular weight is 397 g/mol. The van der Waals surface area contributed by atoms with E-state index in [1.807, 2.05) is 0 Å². The van der Waals surface area contributed by atoms with Crippen molar-refractivity contribution < 1.29 is 4.79 Å². The summed E-state index contributed by atoms with van der Waals surface area (Å²) >= 11 is 0. The molecule has 0 saturated carbocycles. The molecular formula is C23H32N4O2. The molecule has 5 aliphatic rings. The number of piperidine rings is 4. The van der Waals surface area contributed by atoms with E-state index in [-0.39, 0.29) is 5.56 Å². The third-order valence-corrected chi connectivity index (χ3v) is 8.24. The highest BCUT2D eigenvalue weighted by Gasteiger charge is 2.44. The fourth-order valence-electron chi connectivity index (χ4n) is 7.04. The molecule has 0 unspecified atom stereocenters. The molecule has 6 heteroatoms. The van der Waals surface area contributed by atoms with Crippen molar-refractivity contribution in [1.82, 2.24) is 19.7 Å². The number of carbonyl (C=O) groups is 1. The summed E-state index contributed by atoms with van der Waals surface area (Å²) in [5.41, 5.74) is 2.43. The van der Waals surface area contributed by atoms with Crippen LogP contribution in [0.1, 0.15) is 49.3 Å². The maximum atomic E-state index is 13.3. The summed E-state index contributed by atoms with van der Waals surface area (Å²) in [6, 6.07) is 4.76. The average Bonchev–Trinajstić information content (AvgIpc) is 2.72. The summed E-state index contributed by atoms with van der Waals surface area (Å²) in [7, 11) is 0. The number of likely N-dealkylation sites (tertiary alicyclic amines) is 1. The van der Waals surface area contributed by atoms with Gasteiger partial charge in [0.15, 0.2) is 0 Å². The van der Waals surface area contributed by atoms with E-state index in [1.54, 1.807) is 0 Å². The number of nitrogens with zero attached hydrogens (tertiary/aromatic N) is 3. The molecule has 156 valence electrons. The Morgan fingerprint density at radius 3 is 2.86 bits per heavy atom. The molecule has 5 aliphatic heterocycles. The molecule has 0 aromatic carbocycles. The lowest BCUT2D eigenvalue weighted by molar-refractivity contribution is -0.145. The first-order valence-electron chi connectivity index (χ1n) is 11.6. The molecule has 0 spiro atoms. The summed E-state index contributed by atoms with van der Waals surface area (Å²) < 4.78 is 2.08. The maximum absolute atomic E-state index is 13.3. The molecule has 1 N–H and O–H groups in total. The second kappa shape index (κ2) is 6.95. The van der Waals surface area contributed by atoms with Crippen molar-refractivity contribution in [3.05, 3.63) is 33.7 Å². The molecule has 29 heavy (non-hydrogen) atoms. The van der Waals surface area contributed by atoms with Crippen LogP contribution in [0.15, 0.2) is 16.9 Å². The van der Waals surface area contributed by atoms with Crippen LogP contribution in [0.2, 0.25) is 0 Å². The number of amides is 1. The van der Waals surface area contributed by atoms with E-state index in [0.717, 1.165) is 70.6 Å². The Balaban J connectivity index is 1.22. The number of rotatable bonds is 2. The van der Waals surface area contributed by atoms with Crippen LogP contribution in [0, 0.1) is 17.8 Å². The van der Waals surface area contributed by atoms with Crippen LogP contribution in [0.5, 0.6) is 0 Å². The van der Waals surface area contributed by atoms with Gasteiger partial charge in [0, 0.05) is 68.9 Å². The van der Waals surface area contributed by atoms with Gasteiger partial charge in [0.05, 0.1) is 0 Å². The van der Waals surface area contributed by atoms with Crippen LogP contribution in [0.3, 0.4) is 0 Å². The van der Waals surface area contributed by atoms with E-state index in [4.69, 9.17) is 0 Å². The second-order valence-corrected chi connectivity index (χ2v) is 10.2. The highest BCUT2D eigenvalue weighted by atomic mass is 16.2. The third kappa shape index (κ3) is 3.07. The van der Waals surface area contributed by atoms with Gasteiger partial charge < -0.3 is 14.8 Å². The van der Waals surface area contributed by atoms with Crippen molar-refractivity contribution in [3.8, 4) is 0 Å². The number of carbonyl (C=O) groups excluding carboxylic acids is 1. The Morgan fingerprint density at radius 2 is 1.93 bits per heavy atom. The van der Waals surface area contributed by atoms with E-state index >= 15 is 0 Å². The molecule has 4 bridgehead atoms. The van der Waals surface area contributed by atoms with Gasteiger partial charge in [-0.15, -0.1) is 0 Å². The van der Waals surface area contributed by atoms with Crippen molar-refractivity contribution in [2.45, 2.75) is 57.2 Å². The molecule has 4 fully saturated rings. The lowest BCUT2D eigenvalue weighted by Gasteiger charge is -2.52. The monoisotopic (exact) mass is 396 g/mol. The second-order valence-electron chi connectivity index (χ2n) is 10.2. The smallest absolute Gasteiger partial charge is 0.255 e. The van der Waals surface area contributed by atoms with Crippen molar-refractivity contribution in [2.24, 2.45) is 17.8 Å². The lowest BCUT2D eigenvalue weighted by Crippen LogP contribution is -2.60. The predicted octanol–water partition coefficient (Wildman–Crippen LogP) is 1.39. The van der Waals surface area contributed by atoms with E-state index < -0.39 is 0 Å². The van der Waals surface area contributed by atoms with Gasteiger partial charge in [0.25, 0.3) is 5.56 Å². The minimum Gasteiger partial charge on any atom is -0.339 e. The Bertz CT molecular complexity index is 880. The predicted molar refractivity (Wildman–Crippen MR) is 111 cm³/mol. The van der Waals surface area contributed by atoms with Crippen LogP contribution in [-0.2, 0) is 17.9 Å². The number of hydrogen-bond acceptors (Lipinski definition) is 4. The van der Waals surface area contributed by atoms with Crippen LogP contribution < -0.4 is 10.9 Å². The number of nitrogens with one attached hydrogen (secondary N) is 1. The van der Waals surface area contributed by atoms with E-state index in [2.05, 4.69) is 31.8 Å². The Hall–Kier alpha value is -1.66. The van der Waals surface area contributed by atoms with Crippen molar-refractivity contribution in [1.29, 1.82) is 0 Å². The van der Waals surface area contributed by atoms with Gasteiger partial charge in [0.2, 0.25) is 5.91 Å². The highest BCUT2D eigenvalue weighted by molar-refractivity contribution is 5.77. The third-order valence-electron chi connectivity index (χ3n) is 8.24. The molecular weight excluding hydrogens is 364 g/mol. The summed E-state index contributed by atoms with van der Waals surface area (Å²) in [5.74, 6) is 2.61. The fourth-order valence-corrected chi connectivity index (χ4v) is 7.04. The molecule has 0 radical (unpaired) electrons. The Morgan fingerprint density at radius 1 is 1.00 bits per heavy atom. The van der Waals surface area contributed by atoms with Crippen molar-refractivity contribution in [2.75, 3.05) is 32.7 Å². The molecule has 4 saturated heterocycles. The zero-order valence-corrected chi connectivity index (χ0v) is 17.2. The molecule has 1 aromatic rings. The number of aromatic nitrogens is 1. The maximum Gasteiger partial charge on any atom is 0.255 e. The topological polar surface area (TPSA) is 57.6 Å². The van der Waals surface area contributed by atoms with E-state index in [1.165, 1.54) is 18.5 Å². The van der Waals surface area contributed by atoms with Gasteiger partial charge in [-0.3, -0.25) is 14.5 Å². The molecule has 6 heterocycles. The largest absolute Gasteiger partial charge is 0.339 e. The summed E-state index contributed by atoms with van der Waals surface area (Å²) in [6.45, 7) is 6.65. The quantitative estimate of drug-likeness (QED) is 0.821. The van der Waals surface area contributed by atoms with Gasteiger partial charge >= 0.3 is 0 Å². The molecule has 6 nitrogen and oxygen atoms in total. The number of pyridine rings is 1. The first-order valence-corrected chi connectivity index (χ1v) is 11.6. The normalized spacial score (nSPS) is 36.5. The van der Waals surface area contributed by atoms with Crippen molar-refractivity contribution >= 4 is 5.91 Å². The van der Waals surface area contributed by atoms with Crippen LogP contribution in [0.4, 0.5) is 0 Å². The van der Waals surface area contributed by atoms with E-state index in [0.29, 0.717) is 35.6 Å². The molecule has 5 atom stereocenters. The van der Waals surface area contributed by atoms with Crippen LogP contribution >= 0.6 is 0 Å². The minimum absolute atomic E-state index is 0.240. The first-order chi connectivity index (χ1) is 14.2. The minimum atomic E-state index is 0.240. The van der Waals surface area contributed by atoms with Gasteiger partial charge in [-0.1, -0.05) is 6.07 Å². The SMILES string of the molecule is O=C1CCC[C@H]2[C@@H]3C[C@@H](CN(Cc4ccc5n(c4=O)C[C@@H]4CNC[C@H]5C4)C3)CN12. The van der Waals surface area contributed by atoms with Gasteiger partial charge in [-0.25, -0.2) is 0 Å². The summed E-state index contributed by atoms with van der Waals surface area (Å²) in [5, 5.41) is 3.52. The molecule has 0 aliphatic carbocycles. The van der Waals surface area contributed by atoms with Gasteiger partial charge in [-0.05, 0) is 56.0 Å². The van der Waals surface area contributed by atoms with E-state index in [9.17, 15) is 9.59 Å². The summed E-state index contributed by atoms with van der Waals surface area (Å²) in [6.07, 6.45) is 5.42. The zero-order valence-electron chi connectivity index (χ0n) is 17.2. The molecule has 6 rings (SSSR count). The van der Waals surface area contributed by atoms with Gasteiger partial charge in [0.1, 0.15) is 0 Å². The number of hydrogen-bond donors (Lipinski definition) is 1. The lowest BCUT2D eigenvalue weighted by atomic mass is 9.76. The standard InChI is InChI=1S/C23H32N4O2/c28-22-3-1-2-20-19-7-16(12-26(20)22)10-25(14-19)13-17-4-5-21-18-6-15(8-24-9-18)11-27(21)23(17)29/h4-5,15-16,18-20,24H,1-3,6-14H2/t15-,16-,18+,19+,20-/m0/s1. The Kier molecular flexibility index (Phi) is 4.34. The highest BCUT2D eigenvalue weighted by Crippen LogP contribution is 2.38. The van der Waals surface area contributed by atoms with Crippen LogP contribution in [0.25, 0.3) is 0 Å². The van der Waals surface area contributed by atoms with Gasteiger partial charge in [-0.2, -0.15) is 0 Å². The summed E-state index contributed by atoms with van der Waals surface area (Å²) in [4.78, 5) is 30.4. The van der Waals surface area contributed by atoms with Crippen molar-refractivity contribution in [3.63, 3.8) is 0 Å². The zero-order chi connectivity index (χ0) is 19.5. The molecule has 1 amide bonds. The first kappa shape index (κ1) is 18.1. The fraction of sp³-hybridized carbons (Fsp3) is 0.739.